The van der Waals surface area contributed by atoms with E-state index in [1.807, 2.05) is 36.1 Å². The normalized spacial score (nSPS) is 32.7. The number of rotatable bonds is 5. The summed E-state index contributed by atoms with van der Waals surface area (Å²) in [5.41, 5.74) is -0.0854. The van der Waals surface area contributed by atoms with Gasteiger partial charge in [-0.15, -0.1) is 0 Å². The Bertz CT molecular complexity index is 926. The largest absolute Gasteiger partial charge is 0.497 e. The number of carbonyl (C=O) groups is 3. The lowest BCUT2D eigenvalue weighted by atomic mass is 9.74. The van der Waals surface area contributed by atoms with Gasteiger partial charge in [-0.1, -0.05) is 31.4 Å². The highest BCUT2D eigenvalue weighted by Gasteiger charge is 2.68. The number of benzene rings is 1. The van der Waals surface area contributed by atoms with Gasteiger partial charge in [-0.05, 0) is 56.2 Å². The van der Waals surface area contributed by atoms with Crippen molar-refractivity contribution in [3.63, 3.8) is 0 Å². The maximum atomic E-state index is 14.1. The SMILES string of the molecule is CCN1C(=O)[C@H]2[C@@H](c3ccc(OC)cc3)N[C@]3(CCCN(CC4CCCCC4)C3=O)[C@H]2C1=O. The first-order chi connectivity index (χ1) is 16.0. The minimum Gasteiger partial charge on any atom is -0.497 e. The summed E-state index contributed by atoms with van der Waals surface area (Å²) >= 11 is 0. The van der Waals surface area contributed by atoms with Crippen LogP contribution in [0.25, 0.3) is 0 Å². The molecule has 7 heteroatoms. The zero-order chi connectivity index (χ0) is 23.2. The van der Waals surface area contributed by atoms with Gasteiger partial charge in [-0.3, -0.25) is 24.6 Å². The number of nitrogens with one attached hydrogen (secondary N) is 1. The van der Waals surface area contributed by atoms with Gasteiger partial charge >= 0.3 is 0 Å². The van der Waals surface area contributed by atoms with Gasteiger partial charge in [0.15, 0.2) is 0 Å². The van der Waals surface area contributed by atoms with Crippen molar-refractivity contribution in [3.8, 4) is 5.75 Å². The lowest BCUT2D eigenvalue weighted by Gasteiger charge is -2.43. The van der Waals surface area contributed by atoms with Crippen LogP contribution in [0.1, 0.15) is 63.5 Å². The van der Waals surface area contributed by atoms with Gasteiger partial charge in [0.05, 0.1) is 18.9 Å². The molecule has 3 amide bonds. The van der Waals surface area contributed by atoms with Crippen LogP contribution in [0.15, 0.2) is 24.3 Å². The fraction of sp³-hybridized carbons (Fsp3) is 0.654. The fourth-order valence-electron chi connectivity index (χ4n) is 6.79. The molecular formula is C26H35N3O4. The molecule has 1 saturated carbocycles. The highest BCUT2D eigenvalue weighted by molar-refractivity contribution is 6.10. The molecule has 1 aromatic rings. The molecule has 3 heterocycles. The Morgan fingerprint density at radius 1 is 1.03 bits per heavy atom. The highest BCUT2D eigenvalue weighted by atomic mass is 16.5. The van der Waals surface area contributed by atoms with E-state index in [9.17, 15) is 14.4 Å². The Labute approximate surface area is 195 Å². The minimum absolute atomic E-state index is 0.0180. The Morgan fingerprint density at radius 3 is 2.42 bits per heavy atom. The smallest absolute Gasteiger partial charge is 0.243 e. The number of nitrogens with zero attached hydrogens (tertiary/aromatic N) is 2. The van der Waals surface area contributed by atoms with Crippen LogP contribution in [0.5, 0.6) is 5.75 Å². The molecule has 0 aromatic heterocycles. The fourth-order valence-corrected chi connectivity index (χ4v) is 6.79. The highest BCUT2D eigenvalue weighted by Crippen LogP contribution is 2.52. The number of likely N-dealkylation sites (tertiary alicyclic amines) is 2. The van der Waals surface area contributed by atoms with Gasteiger partial charge in [-0.2, -0.15) is 0 Å². The number of methoxy groups -OCH3 is 1. The molecule has 1 N–H and O–H groups in total. The molecule has 5 rings (SSSR count). The van der Waals surface area contributed by atoms with E-state index in [0.29, 0.717) is 18.9 Å². The van der Waals surface area contributed by atoms with Crippen molar-refractivity contribution in [2.45, 2.75) is 63.5 Å². The molecule has 1 spiro atoms. The first-order valence-corrected chi connectivity index (χ1v) is 12.6. The summed E-state index contributed by atoms with van der Waals surface area (Å²) in [5.74, 6) is -0.244. The first-order valence-electron chi connectivity index (χ1n) is 12.6. The third-order valence-electron chi connectivity index (χ3n) is 8.41. The van der Waals surface area contributed by atoms with Crippen molar-refractivity contribution in [3.05, 3.63) is 29.8 Å². The minimum atomic E-state index is -1.00. The number of amides is 3. The average molecular weight is 454 g/mol. The second-order valence-electron chi connectivity index (χ2n) is 10.1. The van der Waals surface area contributed by atoms with Gasteiger partial charge in [0.2, 0.25) is 17.7 Å². The average Bonchev–Trinajstić information content (AvgIpc) is 3.31. The monoisotopic (exact) mass is 453 g/mol. The van der Waals surface area contributed by atoms with Crippen LogP contribution in [0.3, 0.4) is 0 Å². The van der Waals surface area contributed by atoms with Gasteiger partial charge in [-0.25, -0.2) is 0 Å². The number of hydrogen-bond donors (Lipinski definition) is 1. The van der Waals surface area contributed by atoms with E-state index in [4.69, 9.17) is 4.74 Å². The predicted molar refractivity (Wildman–Crippen MR) is 123 cm³/mol. The summed E-state index contributed by atoms with van der Waals surface area (Å²) in [6, 6.07) is 7.24. The maximum Gasteiger partial charge on any atom is 0.243 e. The third-order valence-corrected chi connectivity index (χ3v) is 8.41. The summed E-state index contributed by atoms with van der Waals surface area (Å²) in [4.78, 5) is 44.3. The summed E-state index contributed by atoms with van der Waals surface area (Å²) in [6.45, 7) is 3.68. The quantitative estimate of drug-likeness (QED) is 0.694. The van der Waals surface area contributed by atoms with E-state index in [1.165, 1.54) is 37.0 Å². The number of carbonyl (C=O) groups excluding carboxylic acids is 3. The molecule has 4 aliphatic rings. The summed E-state index contributed by atoms with van der Waals surface area (Å²) < 4.78 is 5.29. The molecule has 1 aliphatic carbocycles. The zero-order valence-electron chi connectivity index (χ0n) is 19.7. The van der Waals surface area contributed by atoms with Crippen LogP contribution in [0, 0.1) is 17.8 Å². The summed E-state index contributed by atoms with van der Waals surface area (Å²) in [7, 11) is 1.62. The number of hydrogen-bond acceptors (Lipinski definition) is 5. The van der Waals surface area contributed by atoms with Crippen LogP contribution < -0.4 is 10.1 Å². The second kappa shape index (κ2) is 8.75. The van der Waals surface area contributed by atoms with Gasteiger partial charge in [0.25, 0.3) is 0 Å². The van der Waals surface area contributed by atoms with Crippen LogP contribution in [-0.2, 0) is 14.4 Å². The molecule has 0 unspecified atom stereocenters. The molecule has 3 aliphatic heterocycles. The second-order valence-corrected chi connectivity index (χ2v) is 10.1. The first kappa shape index (κ1) is 22.4. The van der Waals surface area contributed by atoms with Crippen molar-refractivity contribution >= 4 is 17.7 Å². The topological polar surface area (TPSA) is 79.0 Å². The van der Waals surface area contributed by atoms with E-state index < -0.39 is 17.4 Å². The molecule has 178 valence electrons. The molecule has 0 radical (unpaired) electrons. The predicted octanol–water partition coefficient (Wildman–Crippen LogP) is 2.90. The van der Waals surface area contributed by atoms with Crippen molar-refractivity contribution in [2.24, 2.45) is 17.8 Å². The van der Waals surface area contributed by atoms with Crippen molar-refractivity contribution < 1.29 is 19.1 Å². The molecule has 1 aromatic carbocycles. The maximum absolute atomic E-state index is 14.1. The van der Waals surface area contributed by atoms with Crippen LogP contribution >= 0.6 is 0 Å². The molecule has 4 fully saturated rings. The Balaban J connectivity index is 1.49. The Kier molecular flexibility index (Phi) is 5.93. The van der Waals surface area contributed by atoms with Crippen molar-refractivity contribution in [1.82, 2.24) is 15.1 Å². The molecule has 0 bridgehead atoms. The lowest BCUT2D eigenvalue weighted by molar-refractivity contribution is -0.150. The number of imide groups is 1. The molecule has 4 atom stereocenters. The van der Waals surface area contributed by atoms with Crippen molar-refractivity contribution in [2.75, 3.05) is 26.7 Å². The van der Waals surface area contributed by atoms with Gasteiger partial charge in [0, 0.05) is 25.7 Å². The van der Waals surface area contributed by atoms with Crippen LogP contribution in [0.4, 0.5) is 0 Å². The zero-order valence-corrected chi connectivity index (χ0v) is 19.7. The van der Waals surface area contributed by atoms with Gasteiger partial charge < -0.3 is 9.64 Å². The standard InChI is InChI=1S/C26H35N3O4/c1-3-29-23(30)20-21(24(29)31)26(27-22(20)18-10-12-19(33-2)13-11-18)14-7-15-28(25(26)32)16-17-8-5-4-6-9-17/h10-13,17,20-22,27H,3-9,14-16H2,1-2H3/t20-,21-,22-,26-/m1/s1. The van der Waals surface area contributed by atoms with E-state index >= 15 is 0 Å². The number of fused-ring (bicyclic) bond motifs is 2. The van der Waals surface area contributed by atoms with E-state index in [2.05, 4.69) is 5.32 Å². The van der Waals surface area contributed by atoms with E-state index in [-0.39, 0.29) is 23.8 Å². The Morgan fingerprint density at radius 2 is 1.76 bits per heavy atom. The van der Waals surface area contributed by atoms with Crippen LogP contribution in [-0.4, -0.2) is 59.8 Å². The number of piperidine rings is 1. The number of ether oxygens (including phenoxy) is 1. The Hall–Kier alpha value is -2.41. The van der Waals surface area contributed by atoms with E-state index in [1.54, 1.807) is 7.11 Å². The molecule has 7 nitrogen and oxygen atoms in total. The molecule has 33 heavy (non-hydrogen) atoms. The van der Waals surface area contributed by atoms with Crippen molar-refractivity contribution in [1.29, 1.82) is 0 Å². The molecule has 3 saturated heterocycles. The lowest BCUT2D eigenvalue weighted by Crippen LogP contribution is -2.64. The summed E-state index contributed by atoms with van der Waals surface area (Å²) in [6.07, 6.45) is 7.54. The molecular weight excluding hydrogens is 418 g/mol. The van der Waals surface area contributed by atoms with E-state index in [0.717, 1.165) is 30.8 Å². The third kappa shape index (κ3) is 3.56. The van der Waals surface area contributed by atoms with Gasteiger partial charge in [0.1, 0.15) is 11.3 Å². The van der Waals surface area contributed by atoms with Crippen LogP contribution in [0.2, 0.25) is 0 Å². The summed E-state index contributed by atoms with van der Waals surface area (Å²) in [5, 5.41) is 3.58.